The second-order valence-corrected chi connectivity index (χ2v) is 7.19. The third-order valence-corrected chi connectivity index (χ3v) is 5.39. The minimum Gasteiger partial charge on any atom is -0.388 e. The van der Waals surface area contributed by atoms with Gasteiger partial charge in [-0.2, -0.15) is 0 Å². The van der Waals surface area contributed by atoms with E-state index in [1.54, 1.807) is 0 Å². The van der Waals surface area contributed by atoms with Crippen molar-refractivity contribution in [3.63, 3.8) is 0 Å². The molecule has 0 spiro atoms. The minimum absolute atomic E-state index is 0. The van der Waals surface area contributed by atoms with Crippen LogP contribution in [0.4, 0.5) is 0 Å². The van der Waals surface area contributed by atoms with Gasteiger partial charge in [-0.3, -0.25) is 4.99 Å². The molecule has 1 heterocycles. The van der Waals surface area contributed by atoms with Crippen LogP contribution < -0.4 is 5.32 Å². The van der Waals surface area contributed by atoms with Crippen molar-refractivity contribution < 1.29 is 5.11 Å². The second kappa shape index (κ2) is 10.8. The molecule has 2 N–H and O–H groups in total. The number of aliphatic hydroxyl groups is 1. The second-order valence-electron chi connectivity index (χ2n) is 7.19. The molecule has 2 rings (SSSR count). The van der Waals surface area contributed by atoms with Gasteiger partial charge >= 0.3 is 0 Å². The molecule has 1 unspecified atom stereocenters. The van der Waals surface area contributed by atoms with Gasteiger partial charge in [0.1, 0.15) is 0 Å². The van der Waals surface area contributed by atoms with E-state index in [0.717, 1.165) is 70.3 Å². The fraction of sp³-hybridized carbons (Fsp3) is 0.944. The van der Waals surface area contributed by atoms with Crippen molar-refractivity contribution in [2.75, 3.05) is 45.8 Å². The highest BCUT2D eigenvalue weighted by atomic mass is 127. The number of guanidine groups is 1. The van der Waals surface area contributed by atoms with Crippen LogP contribution in [0, 0.1) is 5.92 Å². The van der Waals surface area contributed by atoms with Gasteiger partial charge < -0.3 is 20.2 Å². The average Bonchev–Trinajstić information content (AvgIpc) is 3.19. The summed E-state index contributed by atoms with van der Waals surface area (Å²) in [5.74, 6) is 1.73. The van der Waals surface area contributed by atoms with Gasteiger partial charge in [0.15, 0.2) is 5.96 Å². The maximum absolute atomic E-state index is 10.5. The van der Waals surface area contributed by atoms with Crippen molar-refractivity contribution in [3.8, 4) is 0 Å². The van der Waals surface area contributed by atoms with Gasteiger partial charge in [-0.15, -0.1) is 24.0 Å². The number of rotatable bonds is 7. The number of hydrogen-bond acceptors (Lipinski definition) is 3. The molecule has 0 aromatic heterocycles. The monoisotopic (exact) mass is 452 g/mol. The lowest BCUT2D eigenvalue weighted by Crippen LogP contribution is -2.42. The number of aliphatic imine (C=N–C) groups is 1. The molecule has 2 fully saturated rings. The van der Waals surface area contributed by atoms with Crippen LogP contribution in [0.15, 0.2) is 4.99 Å². The number of halogens is 1. The molecule has 0 aromatic carbocycles. The molecule has 0 amide bonds. The van der Waals surface area contributed by atoms with Crippen molar-refractivity contribution in [2.24, 2.45) is 10.9 Å². The number of nitrogens with zero attached hydrogens (tertiary/aromatic N) is 3. The zero-order chi connectivity index (χ0) is 16.7. The Morgan fingerprint density at radius 1 is 1.25 bits per heavy atom. The maximum Gasteiger partial charge on any atom is 0.194 e. The quantitative estimate of drug-likeness (QED) is 0.354. The van der Waals surface area contributed by atoms with E-state index in [9.17, 15) is 5.11 Å². The van der Waals surface area contributed by atoms with E-state index in [1.807, 2.05) is 0 Å². The van der Waals surface area contributed by atoms with Gasteiger partial charge in [0.25, 0.3) is 0 Å². The van der Waals surface area contributed by atoms with Gasteiger partial charge in [-0.25, -0.2) is 0 Å². The first-order valence-electron chi connectivity index (χ1n) is 9.58. The van der Waals surface area contributed by atoms with E-state index in [0.29, 0.717) is 6.54 Å². The lowest BCUT2D eigenvalue weighted by atomic mass is 10.0. The highest BCUT2D eigenvalue weighted by Crippen LogP contribution is 2.29. The molecule has 2 aliphatic rings. The first kappa shape index (κ1) is 22.0. The summed E-state index contributed by atoms with van der Waals surface area (Å²) < 4.78 is 0. The van der Waals surface area contributed by atoms with E-state index in [4.69, 9.17) is 4.99 Å². The van der Waals surface area contributed by atoms with Crippen molar-refractivity contribution in [1.82, 2.24) is 15.1 Å². The molecule has 1 aliphatic carbocycles. The summed E-state index contributed by atoms with van der Waals surface area (Å²) in [5, 5.41) is 13.9. The predicted molar refractivity (Wildman–Crippen MR) is 112 cm³/mol. The molecule has 1 saturated heterocycles. The number of hydrogen-bond donors (Lipinski definition) is 2. The topological polar surface area (TPSA) is 51.1 Å². The highest BCUT2D eigenvalue weighted by Gasteiger charge is 2.32. The summed E-state index contributed by atoms with van der Waals surface area (Å²) in [4.78, 5) is 9.67. The van der Waals surface area contributed by atoms with E-state index in [1.165, 1.54) is 13.0 Å². The molecule has 142 valence electrons. The van der Waals surface area contributed by atoms with E-state index >= 15 is 0 Å². The summed E-state index contributed by atoms with van der Waals surface area (Å²) in [6, 6.07) is 0. The Balaban J connectivity index is 0.00000288. The van der Waals surface area contributed by atoms with Gasteiger partial charge in [0.05, 0.1) is 12.1 Å². The SMILES string of the molecule is CCNC(=NCC1(O)CCCC1)N1CCC(CN(CC)CC)C1.I. The van der Waals surface area contributed by atoms with Gasteiger partial charge in [-0.1, -0.05) is 26.7 Å². The van der Waals surface area contributed by atoms with Crippen LogP contribution in [-0.4, -0.2) is 72.3 Å². The van der Waals surface area contributed by atoms with Gasteiger partial charge in [0, 0.05) is 26.2 Å². The molecule has 0 aromatic rings. The molecule has 1 saturated carbocycles. The first-order chi connectivity index (χ1) is 11.1. The lowest BCUT2D eigenvalue weighted by molar-refractivity contribution is 0.0572. The van der Waals surface area contributed by atoms with Crippen molar-refractivity contribution in [2.45, 2.75) is 58.5 Å². The van der Waals surface area contributed by atoms with Gasteiger partial charge in [-0.05, 0) is 45.2 Å². The van der Waals surface area contributed by atoms with E-state index in [2.05, 4.69) is 35.9 Å². The van der Waals surface area contributed by atoms with Crippen LogP contribution in [0.2, 0.25) is 0 Å². The summed E-state index contributed by atoms with van der Waals surface area (Å²) >= 11 is 0. The summed E-state index contributed by atoms with van der Waals surface area (Å²) in [7, 11) is 0. The van der Waals surface area contributed by atoms with Crippen LogP contribution in [0.25, 0.3) is 0 Å². The zero-order valence-electron chi connectivity index (χ0n) is 15.8. The highest BCUT2D eigenvalue weighted by molar-refractivity contribution is 14.0. The Morgan fingerprint density at radius 2 is 1.92 bits per heavy atom. The summed E-state index contributed by atoms with van der Waals surface area (Å²) in [5.41, 5.74) is -0.555. The fourth-order valence-corrected chi connectivity index (χ4v) is 3.86. The van der Waals surface area contributed by atoms with Crippen LogP contribution >= 0.6 is 24.0 Å². The van der Waals surface area contributed by atoms with Crippen molar-refractivity contribution in [1.29, 1.82) is 0 Å². The normalized spacial score (nSPS) is 23.6. The predicted octanol–water partition coefficient (Wildman–Crippen LogP) is 2.54. The van der Waals surface area contributed by atoms with Crippen molar-refractivity contribution in [3.05, 3.63) is 0 Å². The molecule has 5 nitrogen and oxygen atoms in total. The molecule has 24 heavy (non-hydrogen) atoms. The van der Waals surface area contributed by atoms with Crippen LogP contribution in [0.3, 0.4) is 0 Å². The summed E-state index contributed by atoms with van der Waals surface area (Å²) in [6.07, 6.45) is 5.32. The van der Waals surface area contributed by atoms with Crippen LogP contribution in [0.5, 0.6) is 0 Å². The molecule has 1 aliphatic heterocycles. The smallest absolute Gasteiger partial charge is 0.194 e. The zero-order valence-corrected chi connectivity index (χ0v) is 18.1. The van der Waals surface area contributed by atoms with Crippen LogP contribution in [0.1, 0.15) is 52.9 Å². The lowest BCUT2D eigenvalue weighted by Gasteiger charge is -2.26. The standard InChI is InChI=1S/C18H36N4O.HI/c1-4-19-17(20-15-18(23)10-7-8-11-18)22-12-9-16(14-22)13-21(5-2)6-3;/h16,23H,4-15H2,1-3H3,(H,19,20);1H. The maximum atomic E-state index is 10.5. The largest absolute Gasteiger partial charge is 0.388 e. The molecular weight excluding hydrogens is 415 g/mol. The van der Waals surface area contributed by atoms with Gasteiger partial charge in [0.2, 0.25) is 0 Å². The Kier molecular flexibility index (Phi) is 9.89. The average molecular weight is 452 g/mol. The molecule has 0 bridgehead atoms. The molecular formula is C18H37IN4O. The Labute approximate surface area is 165 Å². The van der Waals surface area contributed by atoms with E-state index < -0.39 is 5.60 Å². The van der Waals surface area contributed by atoms with Crippen molar-refractivity contribution >= 4 is 29.9 Å². The third kappa shape index (κ3) is 6.33. The Morgan fingerprint density at radius 3 is 2.50 bits per heavy atom. The Bertz CT molecular complexity index is 381. The van der Waals surface area contributed by atoms with E-state index in [-0.39, 0.29) is 24.0 Å². The van der Waals surface area contributed by atoms with Crippen LogP contribution in [-0.2, 0) is 0 Å². The minimum atomic E-state index is -0.555. The summed E-state index contributed by atoms with van der Waals surface area (Å²) in [6.45, 7) is 13.6. The third-order valence-electron chi connectivity index (χ3n) is 5.39. The molecule has 6 heteroatoms. The molecule has 0 radical (unpaired) electrons. The molecule has 1 atom stereocenters. The Hall–Kier alpha value is -0.0800. The first-order valence-corrected chi connectivity index (χ1v) is 9.58. The number of nitrogens with one attached hydrogen (secondary N) is 1. The fourth-order valence-electron chi connectivity index (χ4n) is 3.86. The number of likely N-dealkylation sites (tertiary alicyclic amines) is 1.